The van der Waals surface area contributed by atoms with Crippen molar-refractivity contribution in [3.8, 4) is 0 Å². The van der Waals surface area contributed by atoms with Crippen LogP contribution in [0.2, 0.25) is 0 Å². The van der Waals surface area contributed by atoms with Crippen LogP contribution in [0.25, 0.3) is 0 Å². The van der Waals surface area contributed by atoms with Gasteiger partial charge in [-0.1, -0.05) is 44.2 Å². The highest BCUT2D eigenvalue weighted by molar-refractivity contribution is 7.89. The van der Waals surface area contributed by atoms with Crippen molar-refractivity contribution in [3.63, 3.8) is 0 Å². The number of nitrogens with zero attached hydrogens (tertiary/aromatic N) is 1. The number of sulfonamides is 1. The molecule has 0 radical (unpaired) electrons. The number of benzene rings is 2. The third-order valence-corrected chi connectivity index (χ3v) is 6.53. The number of amides is 2. The Bertz CT molecular complexity index is 897. The van der Waals surface area contributed by atoms with Crippen molar-refractivity contribution >= 4 is 16.1 Å². The van der Waals surface area contributed by atoms with Crippen LogP contribution in [-0.4, -0.2) is 31.8 Å². The summed E-state index contributed by atoms with van der Waals surface area (Å²) in [6.07, 6.45) is 0. The van der Waals surface area contributed by atoms with E-state index in [-0.39, 0.29) is 23.3 Å². The summed E-state index contributed by atoms with van der Waals surface area (Å²) in [7, 11) is -3.51. The molecular formula is C20H26FN3O3S. The molecule has 0 bridgehead atoms. The van der Waals surface area contributed by atoms with E-state index < -0.39 is 16.1 Å². The van der Waals surface area contributed by atoms with Gasteiger partial charge in [-0.2, -0.15) is 4.31 Å². The summed E-state index contributed by atoms with van der Waals surface area (Å²) >= 11 is 0. The van der Waals surface area contributed by atoms with Crippen LogP contribution < -0.4 is 10.6 Å². The number of hydrogen-bond acceptors (Lipinski definition) is 3. The molecule has 6 nitrogen and oxygen atoms in total. The monoisotopic (exact) mass is 407 g/mol. The first-order chi connectivity index (χ1) is 13.3. The van der Waals surface area contributed by atoms with Crippen molar-refractivity contribution in [2.45, 2.75) is 38.3 Å². The van der Waals surface area contributed by atoms with Gasteiger partial charge in [-0.15, -0.1) is 0 Å². The Kier molecular flexibility index (Phi) is 7.53. The third-order valence-electron chi connectivity index (χ3n) is 4.47. The highest BCUT2D eigenvalue weighted by Gasteiger charge is 2.21. The Balaban J connectivity index is 1.98. The zero-order valence-corrected chi connectivity index (χ0v) is 17.1. The van der Waals surface area contributed by atoms with Crippen molar-refractivity contribution in [2.24, 2.45) is 0 Å². The lowest BCUT2D eigenvalue weighted by molar-refractivity contribution is 0.237. The quantitative estimate of drug-likeness (QED) is 0.704. The summed E-state index contributed by atoms with van der Waals surface area (Å²) in [5, 5.41) is 5.37. The second-order valence-electron chi connectivity index (χ2n) is 6.30. The van der Waals surface area contributed by atoms with E-state index >= 15 is 0 Å². The number of nitrogens with one attached hydrogen (secondary N) is 2. The second-order valence-corrected chi connectivity index (χ2v) is 8.24. The summed E-state index contributed by atoms with van der Waals surface area (Å²) in [6, 6.07) is 11.9. The van der Waals surface area contributed by atoms with E-state index in [0.29, 0.717) is 18.7 Å². The van der Waals surface area contributed by atoms with Crippen molar-refractivity contribution in [3.05, 3.63) is 65.5 Å². The molecule has 0 aliphatic heterocycles. The first-order valence-electron chi connectivity index (χ1n) is 9.17. The van der Waals surface area contributed by atoms with Crippen LogP contribution >= 0.6 is 0 Å². The van der Waals surface area contributed by atoms with Crippen LogP contribution in [0.1, 0.15) is 37.9 Å². The molecule has 152 valence electrons. The minimum absolute atomic E-state index is 0.0757. The summed E-state index contributed by atoms with van der Waals surface area (Å²) in [6.45, 7) is 6.26. The molecule has 0 aromatic heterocycles. The fourth-order valence-electron chi connectivity index (χ4n) is 2.79. The molecule has 0 aliphatic carbocycles. The van der Waals surface area contributed by atoms with Crippen molar-refractivity contribution in [1.29, 1.82) is 0 Å². The van der Waals surface area contributed by atoms with Gasteiger partial charge in [0.05, 0.1) is 10.9 Å². The fourth-order valence-corrected chi connectivity index (χ4v) is 4.25. The Morgan fingerprint density at radius 2 is 1.68 bits per heavy atom. The molecule has 2 aromatic rings. The molecule has 28 heavy (non-hydrogen) atoms. The van der Waals surface area contributed by atoms with Gasteiger partial charge in [0.1, 0.15) is 5.82 Å². The van der Waals surface area contributed by atoms with Gasteiger partial charge in [0, 0.05) is 25.2 Å². The maximum absolute atomic E-state index is 13.6. The van der Waals surface area contributed by atoms with Gasteiger partial charge in [-0.3, -0.25) is 0 Å². The average molecular weight is 408 g/mol. The smallest absolute Gasteiger partial charge is 0.315 e. The maximum atomic E-state index is 13.6. The largest absolute Gasteiger partial charge is 0.334 e. The number of urea groups is 1. The summed E-state index contributed by atoms with van der Waals surface area (Å²) in [4.78, 5) is 12.3. The van der Waals surface area contributed by atoms with E-state index in [1.807, 2.05) is 0 Å². The predicted molar refractivity (Wildman–Crippen MR) is 107 cm³/mol. The van der Waals surface area contributed by atoms with Crippen LogP contribution in [0, 0.1) is 5.82 Å². The lowest BCUT2D eigenvalue weighted by Crippen LogP contribution is -2.36. The van der Waals surface area contributed by atoms with Gasteiger partial charge < -0.3 is 10.6 Å². The minimum atomic E-state index is -3.51. The molecule has 0 saturated heterocycles. The van der Waals surface area contributed by atoms with Crippen molar-refractivity contribution in [1.82, 2.24) is 14.9 Å². The van der Waals surface area contributed by atoms with E-state index in [1.165, 1.54) is 10.4 Å². The lowest BCUT2D eigenvalue weighted by Gasteiger charge is -2.19. The van der Waals surface area contributed by atoms with Crippen molar-refractivity contribution < 1.29 is 17.6 Å². The standard InChI is InChI=1S/C20H26FN3O3S/c1-4-24(5-2)28(26,27)18-12-10-16(11-13-18)15(3)23-20(25)22-14-17-8-6-7-9-19(17)21/h6-13,15H,4-5,14H2,1-3H3,(H2,22,23,25)/t15-/m1/s1. The molecule has 2 rings (SSSR count). The molecule has 0 heterocycles. The van der Waals surface area contributed by atoms with E-state index in [0.717, 1.165) is 5.56 Å². The van der Waals surface area contributed by atoms with Gasteiger partial charge in [0.15, 0.2) is 0 Å². The van der Waals surface area contributed by atoms with Gasteiger partial charge >= 0.3 is 6.03 Å². The lowest BCUT2D eigenvalue weighted by atomic mass is 10.1. The van der Waals surface area contributed by atoms with Crippen LogP contribution in [0.3, 0.4) is 0 Å². The molecule has 0 aliphatic rings. The molecule has 2 N–H and O–H groups in total. The molecule has 0 fully saturated rings. The van der Waals surface area contributed by atoms with Gasteiger partial charge in [-0.25, -0.2) is 17.6 Å². The molecule has 8 heteroatoms. The number of carbonyl (C=O) groups excluding carboxylic acids is 1. The molecule has 0 spiro atoms. The van der Waals surface area contributed by atoms with E-state index in [4.69, 9.17) is 0 Å². The number of rotatable bonds is 8. The van der Waals surface area contributed by atoms with Crippen molar-refractivity contribution in [2.75, 3.05) is 13.1 Å². The molecule has 0 unspecified atom stereocenters. The van der Waals surface area contributed by atoms with E-state index in [9.17, 15) is 17.6 Å². The highest BCUT2D eigenvalue weighted by Crippen LogP contribution is 2.19. The predicted octanol–water partition coefficient (Wildman–Crippen LogP) is 3.42. The van der Waals surface area contributed by atoms with Crippen LogP contribution in [0.4, 0.5) is 9.18 Å². The topological polar surface area (TPSA) is 78.5 Å². The van der Waals surface area contributed by atoms with E-state index in [2.05, 4.69) is 10.6 Å². The molecule has 2 amide bonds. The first kappa shape index (κ1) is 21.8. The third kappa shape index (κ3) is 5.30. The van der Waals surface area contributed by atoms with E-state index in [1.54, 1.807) is 63.2 Å². The molecule has 2 aromatic carbocycles. The fraction of sp³-hybridized carbons (Fsp3) is 0.350. The van der Waals surface area contributed by atoms with Gasteiger partial charge in [-0.05, 0) is 30.7 Å². The second kappa shape index (κ2) is 9.66. The zero-order chi connectivity index (χ0) is 20.7. The molecule has 1 atom stereocenters. The maximum Gasteiger partial charge on any atom is 0.315 e. The molecular weight excluding hydrogens is 381 g/mol. The summed E-state index contributed by atoms with van der Waals surface area (Å²) in [5.41, 5.74) is 1.16. The minimum Gasteiger partial charge on any atom is -0.334 e. The molecule has 0 saturated carbocycles. The Labute approximate surface area is 165 Å². The van der Waals surface area contributed by atoms with Gasteiger partial charge in [0.25, 0.3) is 0 Å². The SMILES string of the molecule is CCN(CC)S(=O)(=O)c1ccc([C@@H](C)NC(=O)NCc2ccccc2F)cc1. The number of carbonyl (C=O) groups is 1. The number of halogens is 1. The highest BCUT2D eigenvalue weighted by atomic mass is 32.2. The van der Waals surface area contributed by atoms with Crippen LogP contribution in [0.15, 0.2) is 53.4 Å². The van der Waals surface area contributed by atoms with Crippen LogP contribution in [-0.2, 0) is 16.6 Å². The normalized spacial score (nSPS) is 12.6. The Hall–Kier alpha value is -2.45. The zero-order valence-electron chi connectivity index (χ0n) is 16.3. The Morgan fingerprint density at radius 3 is 2.25 bits per heavy atom. The summed E-state index contributed by atoms with van der Waals surface area (Å²) < 4.78 is 40.0. The Morgan fingerprint density at radius 1 is 1.07 bits per heavy atom. The van der Waals surface area contributed by atoms with Crippen LogP contribution in [0.5, 0.6) is 0 Å². The van der Waals surface area contributed by atoms with Gasteiger partial charge in [0.2, 0.25) is 10.0 Å². The summed E-state index contributed by atoms with van der Waals surface area (Å²) in [5.74, 6) is -0.374. The first-order valence-corrected chi connectivity index (χ1v) is 10.6. The number of hydrogen-bond donors (Lipinski definition) is 2. The average Bonchev–Trinajstić information content (AvgIpc) is 2.68.